The monoisotopic (exact) mass is 413 g/mol. The van der Waals surface area contributed by atoms with Crippen molar-refractivity contribution in [3.63, 3.8) is 0 Å². The molecule has 0 bridgehead atoms. The Balaban J connectivity index is 1.96. The molecule has 1 amide bonds. The molecular weight excluding hydrogens is 392 g/mol. The number of aliphatic hydroxyl groups excluding tert-OH is 1. The second kappa shape index (κ2) is 9.41. The third-order valence-electron chi connectivity index (χ3n) is 4.51. The Hall–Kier alpha value is -3.39. The molecule has 2 aromatic heterocycles. The fourth-order valence-corrected chi connectivity index (χ4v) is 3.03. The fourth-order valence-electron chi connectivity index (χ4n) is 3.03. The predicted molar refractivity (Wildman–Crippen MR) is 107 cm³/mol. The lowest BCUT2D eigenvalue weighted by Crippen LogP contribution is -2.32. The van der Waals surface area contributed by atoms with E-state index in [-0.39, 0.29) is 23.4 Å². The quantitative estimate of drug-likeness (QED) is 0.624. The molecule has 2 heterocycles. The van der Waals surface area contributed by atoms with E-state index >= 15 is 0 Å². The molecule has 3 rings (SSSR count). The molecule has 1 aromatic carbocycles. The number of carbonyl (C=O) groups is 1. The first-order valence-corrected chi connectivity index (χ1v) is 9.33. The van der Waals surface area contributed by atoms with E-state index in [1.807, 2.05) is 0 Å². The Morgan fingerprint density at radius 2 is 1.93 bits per heavy atom. The summed E-state index contributed by atoms with van der Waals surface area (Å²) in [5.41, 5.74) is 0.792. The van der Waals surface area contributed by atoms with Gasteiger partial charge in [-0.1, -0.05) is 24.3 Å². The van der Waals surface area contributed by atoms with Gasteiger partial charge in [-0.15, -0.1) is 0 Å². The lowest BCUT2D eigenvalue weighted by atomic mass is 10.0. The highest BCUT2D eigenvalue weighted by Gasteiger charge is 2.22. The number of nitrogens with zero attached hydrogens (tertiary/aromatic N) is 2. The first-order valence-electron chi connectivity index (χ1n) is 9.33. The van der Waals surface area contributed by atoms with Crippen molar-refractivity contribution in [3.8, 4) is 0 Å². The van der Waals surface area contributed by atoms with E-state index in [0.29, 0.717) is 11.1 Å². The number of pyridine rings is 2. The third kappa shape index (κ3) is 4.96. The van der Waals surface area contributed by atoms with E-state index in [2.05, 4.69) is 10.3 Å². The standard InChI is InChI=1S/C22H21F2N3O3/c1-14(28)12-27-13-17(8-9-19(27)29)22(30)26-20(21-18(24)3-2-10-25-21)16-6-4-15(11-23)5-7-16/h2-10,13-14,20,28H,11-12H2,1H3,(H,26,30)/t14-,20+/m1/s1. The Morgan fingerprint density at radius 3 is 2.57 bits per heavy atom. The smallest absolute Gasteiger partial charge is 0.253 e. The van der Waals surface area contributed by atoms with E-state index < -0.39 is 30.5 Å². The zero-order valence-corrected chi connectivity index (χ0v) is 16.3. The Labute approximate surface area is 171 Å². The number of aromatic nitrogens is 2. The molecular formula is C22H21F2N3O3. The average Bonchev–Trinajstić information content (AvgIpc) is 2.74. The largest absolute Gasteiger partial charge is 0.392 e. The van der Waals surface area contributed by atoms with Gasteiger partial charge in [0.15, 0.2) is 0 Å². The maximum absolute atomic E-state index is 14.4. The molecule has 0 spiro atoms. The van der Waals surface area contributed by atoms with Gasteiger partial charge >= 0.3 is 0 Å². The highest BCUT2D eigenvalue weighted by Crippen LogP contribution is 2.24. The van der Waals surface area contributed by atoms with Gasteiger partial charge in [0.2, 0.25) is 0 Å². The highest BCUT2D eigenvalue weighted by molar-refractivity contribution is 5.94. The molecule has 2 N–H and O–H groups in total. The van der Waals surface area contributed by atoms with E-state index in [1.54, 1.807) is 24.3 Å². The summed E-state index contributed by atoms with van der Waals surface area (Å²) in [5, 5.41) is 12.3. The van der Waals surface area contributed by atoms with Crippen LogP contribution in [0.3, 0.4) is 0 Å². The van der Waals surface area contributed by atoms with Gasteiger partial charge in [0.25, 0.3) is 11.5 Å². The molecule has 0 saturated heterocycles. The highest BCUT2D eigenvalue weighted by atomic mass is 19.1. The topological polar surface area (TPSA) is 84.2 Å². The molecule has 3 aromatic rings. The van der Waals surface area contributed by atoms with E-state index in [0.717, 1.165) is 0 Å². The number of hydrogen-bond acceptors (Lipinski definition) is 4. The van der Waals surface area contributed by atoms with E-state index in [4.69, 9.17) is 0 Å². The number of nitrogens with one attached hydrogen (secondary N) is 1. The molecule has 0 unspecified atom stereocenters. The lowest BCUT2D eigenvalue weighted by molar-refractivity contribution is 0.0940. The van der Waals surface area contributed by atoms with Crippen molar-refractivity contribution in [3.05, 3.63) is 99.5 Å². The minimum Gasteiger partial charge on any atom is -0.392 e. The number of carbonyl (C=O) groups excluding carboxylic acids is 1. The zero-order chi connectivity index (χ0) is 21.7. The summed E-state index contributed by atoms with van der Waals surface area (Å²) in [6, 6.07) is 10.6. The maximum Gasteiger partial charge on any atom is 0.253 e. The van der Waals surface area contributed by atoms with Crippen LogP contribution in [0, 0.1) is 5.82 Å². The molecule has 0 fully saturated rings. The summed E-state index contributed by atoms with van der Waals surface area (Å²) in [6.45, 7) is 0.920. The van der Waals surface area contributed by atoms with Crippen molar-refractivity contribution in [2.24, 2.45) is 0 Å². The molecule has 0 aliphatic heterocycles. The van der Waals surface area contributed by atoms with Crippen LogP contribution in [0.15, 0.2) is 65.7 Å². The molecule has 6 nitrogen and oxygen atoms in total. The number of alkyl halides is 1. The molecule has 156 valence electrons. The summed E-state index contributed by atoms with van der Waals surface area (Å²) in [7, 11) is 0. The normalized spacial score (nSPS) is 12.9. The molecule has 0 saturated carbocycles. The van der Waals surface area contributed by atoms with Crippen molar-refractivity contribution in [1.82, 2.24) is 14.9 Å². The van der Waals surface area contributed by atoms with Gasteiger partial charge < -0.3 is 15.0 Å². The summed E-state index contributed by atoms with van der Waals surface area (Å²) >= 11 is 0. The number of rotatable bonds is 7. The van der Waals surface area contributed by atoms with Gasteiger partial charge in [0.05, 0.1) is 24.3 Å². The van der Waals surface area contributed by atoms with Crippen molar-refractivity contribution in [1.29, 1.82) is 0 Å². The average molecular weight is 413 g/mol. The molecule has 0 aliphatic rings. The Kier molecular flexibility index (Phi) is 6.68. The van der Waals surface area contributed by atoms with Crippen LogP contribution in [0.2, 0.25) is 0 Å². The van der Waals surface area contributed by atoms with Gasteiger partial charge in [0.1, 0.15) is 18.2 Å². The Bertz CT molecular complexity index is 1080. The van der Waals surface area contributed by atoms with Crippen LogP contribution in [-0.4, -0.2) is 26.7 Å². The van der Waals surface area contributed by atoms with Crippen LogP contribution < -0.4 is 10.9 Å². The van der Waals surface area contributed by atoms with Crippen LogP contribution in [0.1, 0.15) is 40.1 Å². The molecule has 0 radical (unpaired) electrons. The van der Waals surface area contributed by atoms with Crippen LogP contribution in [-0.2, 0) is 13.2 Å². The number of amides is 1. The summed E-state index contributed by atoms with van der Waals surface area (Å²) < 4.78 is 28.5. The second-order valence-electron chi connectivity index (χ2n) is 6.91. The maximum atomic E-state index is 14.4. The van der Waals surface area contributed by atoms with Crippen molar-refractivity contribution >= 4 is 5.91 Å². The Morgan fingerprint density at radius 1 is 1.20 bits per heavy atom. The number of halogens is 2. The summed E-state index contributed by atoms with van der Waals surface area (Å²) in [6.07, 6.45) is 1.98. The molecule has 2 atom stereocenters. The molecule has 30 heavy (non-hydrogen) atoms. The van der Waals surface area contributed by atoms with Gasteiger partial charge in [-0.05, 0) is 36.2 Å². The van der Waals surface area contributed by atoms with E-state index in [1.165, 1.54) is 48.1 Å². The third-order valence-corrected chi connectivity index (χ3v) is 4.51. The SMILES string of the molecule is C[C@@H](O)Cn1cc(C(=O)N[C@@H](c2ccc(CF)cc2)c2ncccc2F)ccc1=O. The van der Waals surface area contributed by atoms with E-state index in [9.17, 15) is 23.5 Å². The number of benzene rings is 1. The molecule has 0 aliphatic carbocycles. The van der Waals surface area contributed by atoms with Gasteiger partial charge in [-0.3, -0.25) is 14.6 Å². The molecule has 8 heteroatoms. The van der Waals surface area contributed by atoms with Crippen molar-refractivity contribution in [2.75, 3.05) is 0 Å². The first-order chi connectivity index (χ1) is 14.4. The van der Waals surface area contributed by atoms with Crippen LogP contribution in [0.25, 0.3) is 0 Å². The second-order valence-corrected chi connectivity index (χ2v) is 6.91. The minimum absolute atomic E-state index is 0.0103. The summed E-state index contributed by atoms with van der Waals surface area (Å²) in [4.78, 5) is 28.9. The predicted octanol–water partition coefficient (Wildman–Crippen LogP) is 2.75. The number of aliphatic hydroxyl groups is 1. The van der Waals surface area contributed by atoms with Gasteiger partial charge in [-0.25, -0.2) is 8.78 Å². The van der Waals surface area contributed by atoms with Crippen molar-refractivity contribution in [2.45, 2.75) is 32.3 Å². The minimum atomic E-state index is -0.926. The van der Waals surface area contributed by atoms with Crippen molar-refractivity contribution < 1.29 is 18.7 Å². The fraction of sp³-hybridized carbons (Fsp3) is 0.227. The van der Waals surface area contributed by atoms with Gasteiger partial charge in [0, 0.05) is 18.5 Å². The zero-order valence-electron chi connectivity index (χ0n) is 16.3. The summed E-state index contributed by atoms with van der Waals surface area (Å²) in [5.74, 6) is -1.16. The van der Waals surface area contributed by atoms with Gasteiger partial charge in [-0.2, -0.15) is 0 Å². The van der Waals surface area contributed by atoms with Crippen LogP contribution in [0.4, 0.5) is 8.78 Å². The number of hydrogen-bond donors (Lipinski definition) is 2. The van der Waals surface area contributed by atoms with Crippen LogP contribution in [0.5, 0.6) is 0 Å². The van der Waals surface area contributed by atoms with Crippen LogP contribution >= 0.6 is 0 Å². The lowest BCUT2D eigenvalue weighted by Gasteiger charge is -2.20. The first kappa shape index (κ1) is 21.3.